The Hall–Kier alpha value is -5.31. The number of amides is 2. The molecule has 0 saturated carbocycles. The SMILES string of the molecule is CC(C)(C)OC(=O)N1CCC(Oc2ccc(OCc3ccccc3)c(C(=O)Nc3cc(-c4ccccc4)ccc3C(=O)O)c2)CC1. The van der Waals surface area contributed by atoms with Gasteiger partial charge < -0.3 is 29.5 Å². The maximum absolute atomic E-state index is 13.8. The summed E-state index contributed by atoms with van der Waals surface area (Å²) >= 11 is 0. The van der Waals surface area contributed by atoms with E-state index >= 15 is 0 Å². The Morgan fingerprint density at radius 2 is 1.50 bits per heavy atom. The lowest BCUT2D eigenvalue weighted by Gasteiger charge is -2.33. The first-order valence-electron chi connectivity index (χ1n) is 15.3. The summed E-state index contributed by atoms with van der Waals surface area (Å²) in [7, 11) is 0. The van der Waals surface area contributed by atoms with E-state index in [1.165, 1.54) is 6.07 Å². The lowest BCUT2D eigenvalue weighted by molar-refractivity contribution is 0.0126. The van der Waals surface area contributed by atoms with E-state index in [-0.39, 0.29) is 35.6 Å². The van der Waals surface area contributed by atoms with Crippen LogP contribution in [0.15, 0.2) is 97.1 Å². The quantitative estimate of drug-likeness (QED) is 0.197. The summed E-state index contributed by atoms with van der Waals surface area (Å²) in [5, 5.41) is 12.7. The highest BCUT2D eigenvalue weighted by atomic mass is 16.6. The van der Waals surface area contributed by atoms with Crippen LogP contribution in [0, 0.1) is 0 Å². The van der Waals surface area contributed by atoms with E-state index in [1.54, 1.807) is 35.2 Å². The molecule has 0 aliphatic carbocycles. The van der Waals surface area contributed by atoms with Gasteiger partial charge in [-0.1, -0.05) is 66.7 Å². The van der Waals surface area contributed by atoms with Gasteiger partial charge in [0.1, 0.15) is 29.8 Å². The molecule has 4 aromatic carbocycles. The van der Waals surface area contributed by atoms with E-state index in [4.69, 9.17) is 14.2 Å². The first kappa shape index (κ1) is 32.1. The summed E-state index contributed by atoms with van der Waals surface area (Å²) in [5.74, 6) is -0.916. The van der Waals surface area contributed by atoms with E-state index in [0.717, 1.165) is 16.7 Å². The number of hydrogen-bond donors (Lipinski definition) is 2. The first-order chi connectivity index (χ1) is 22.1. The Bertz CT molecular complexity index is 1680. The largest absolute Gasteiger partial charge is 0.490 e. The van der Waals surface area contributed by atoms with E-state index in [1.807, 2.05) is 81.4 Å². The number of piperidine rings is 1. The van der Waals surface area contributed by atoms with E-state index in [0.29, 0.717) is 37.4 Å². The van der Waals surface area contributed by atoms with Crippen LogP contribution in [0.3, 0.4) is 0 Å². The molecule has 0 aromatic heterocycles. The van der Waals surface area contributed by atoms with Gasteiger partial charge in [-0.15, -0.1) is 0 Å². The number of carbonyl (C=O) groups is 3. The van der Waals surface area contributed by atoms with Crippen molar-refractivity contribution in [3.8, 4) is 22.6 Å². The topological polar surface area (TPSA) is 114 Å². The maximum Gasteiger partial charge on any atom is 0.410 e. The summed E-state index contributed by atoms with van der Waals surface area (Å²) in [5.41, 5.74) is 2.32. The third kappa shape index (κ3) is 8.44. The van der Waals surface area contributed by atoms with Gasteiger partial charge in [0.05, 0.1) is 16.8 Å². The Labute approximate surface area is 268 Å². The fraction of sp³-hybridized carbons (Fsp3) is 0.270. The zero-order valence-electron chi connectivity index (χ0n) is 26.2. The number of rotatable bonds is 9. The molecule has 0 spiro atoms. The van der Waals surface area contributed by atoms with Crippen LogP contribution in [0.1, 0.15) is 59.9 Å². The fourth-order valence-corrected chi connectivity index (χ4v) is 5.13. The minimum Gasteiger partial charge on any atom is -0.490 e. The molecule has 0 atom stereocenters. The van der Waals surface area contributed by atoms with Gasteiger partial charge in [0.15, 0.2) is 0 Å². The van der Waals surface area contributed by atoms with Crippen LogP contribution in [0.2, 0.25) is 0 Å². The zero-order chi connectivity index (χ0) is 32.7. The molecule has 1 heterocycles. The number of benzene rings is 4. The fourth-order valence-electron chi connectivity index (χ4n) is 5.13. The molecular weight excluding hydrogens is 584 g/mol. The molecule has 1 aliphatic rings. The first-order valence-corrected chi connectivity index (χ1v) is 15.3. The van der Waals surface area contributed by atoms with Crippen LogP contribution in [0.5, 0.6) is 11.5 Å². The van der Waals surface area contributed by atoms with Gasteiger partial charge in [0.25, 0.3) is 5.91 Å². The monoisotopic (exact) mass is 622 g/mol. The number of ether oxygens (including phenoxy) is 3. The summed E-state index contributed by atoms with van der Waals surface area (Å²) < 4.78 is 17.9. The van der Waals surface area contributed by atoms with Crippen LogP contribution in [-0.4, -0.2) is 52.8 Å². The maximum atomic E-state index is 13.8. The Morgan fingerprint density at radius 3 is 2.15 bits per heavy atom. The minimum absolute atomic E-state index is 0.0380. The van der Waals surface area contributed by atoms with Crippen LogP contribution < -0.4 is 14.8 Å². The predicted molar refractivity (Wildman–Crippen MR) is 175 cm³/mol. The molecule has 2 amide bonds. The summed E-state index contributed by atoms with van der Waals surface area (Å²) in [4.78, 5) is 40.1. The molecule has 1 saturated heterocycles. The number of anilines is 1. The van der Waals surface area contributed by atoms with Gasteiger partial charge in [-0.25, -0.2) is 9.59 Å². The molecule has 0 radical (unpaired) electrons. The molecule has 4 aromatic rings. The lowest BCUT2D eigenvalue weighted by atomic mass is 10.0. The highest BCUT2D eigenvalue weighted by Gasteiger charge is 2.28. The number of nitrogens with zero attached hydrogens (tertiary/aromatic N) is 1. The summed E-state index contributed by atoms with van der Waals surface area (Å²) in [6, 6.07) is 29.0. The lowest BCUT2D eigenvalue weighted by Crippen LogP contribution is -2.44. The Balaban J connectivity index is 1.37. The highest BCUT2D eigenvalue weighted by Crippen LogP contribution is 2.31. The minimum atomic E-state index is -1.16. The van der Waals surface area contributed by atoms with E-state index in [9.17, 15) is 19.5 Å². The highest BCUT2D eigenvalue weighted by molar-refractivity contribution is 6.09. The molecule has 5 rings (SSSR count). The number of nitrogens with one attached hydrogen (secondary N) is 1. The average molecular weight is 623 g/mol. The number of carboxylic acids is 1. The van der Waals surface area contributed by atoms with Gasteiger partial charge >= 0.3 is 12.1 Å². The second-order valence-corrected chi connectivity index (χ2v) is 12.1. The zero-order valence-corrected chi connectivity index (χ0v) is 26.2. The number of carbonyl (C=O) groups excluding carboxylic acids is 2. The molecule has 2 N–H and O–H groups in total. The van der Waals surface area contributed by atoms with Crippen molar-refractivity contribution in [2.75, 3.05) is 18.4 Å². The number of likely N-dealkylation sites (tertiary alicyclic amines) is 1. The Kier molecular flexibility index (Phi) is 9.91. The third-order valence-electron chi connectivity index (χ3n) is 7.43. The molecule has 0 bridgehead atoms. The van der Waals surface area contributed by atoms with Crippen molar-refractivity contribution in [3.05, 3.63) is 114 Å². The predicted octanol–water partition coefficient (Wildman–Crippen LogP) is 7.66. The summed E-state index contributed by atoms with van der Waals surface area (Å²) in [6.45, 7) is 6.72. The molecule has 1 aliphatic heterocycles. The van der Waals surface area contributed by atoms with Crippen LogP contribution in [-0.2, 0) is 11.3 Å². The van der Waals surface area contributed by atoms with Crippen molar-refractivity contribution in [2.24, 2.45) is 0 Å². The van der Waals surface area contributed by atoms with Crippen LogP contribution >= 0.6 is 0 Å². The third-order valence-corrected chi connectivity index (χ3v) is 7.43. The molecule has 0 unspecified atom stereocenters. The van der Waals surface area contributed by atoms with Gasteiger partial charge in [-0.3, -0.25) is 4.79 Å². The van der Waals surface area contributed by atoms with E-state index in [2.05, 4.69) is 5.32 Å². The second-order valence-electron chi connectivity index (χ2n) is 12.1. The number of carboxylic acid groups (broad SMARTS) is 1. The Morgan fingerprint density at radius 1 is 0.826 bits per heavy atom. The van der Waals surface area contributed by atoms with E-state index < -0.39 is 17.5 Å². The van der Waals surface area contributed by atoms with Crippen molar-refractivity contribution >= 4 is 23.7 Å². The normalized spacial score (nSPS) is 13.5. The van der Waals surface area contributed by atoms with Crippen molar-refractivity contribution in [2.45, 2.75) is 51.9 Å². The molecule has 9 nitrogen and oxygen atoms in total. The van der Waals surface area contributed by atoms with Gasteiger partial charge in [0.2, 0.25) is 0 Å². The number of hydrogen-bond acceptors (Lipinski definition) is 6. The van der Waals surface area contributed by atoms with Crippen molar-refractivity contribution in [1.29, 1.82) is 0 Å². The molecule has 9 heteroatoms. The van der Waals surface area contributed by atoms with Crippen molar-refractivity contribution < 1.29 is 33.7 Å². The van der Waals surface area contributed by atoms with Gasteiger partial charge in [-0.05, 0) is 67.8 Å². The van der Waals surface area contributed by atoms with Crippen molar-refractivity contribution in [1.82, 2.24) is 4.90 Å². The van der Waals surface area contributed by atoms with Gasteiger partial charge in [-0.2, -0.15) is 0 Å². The average Bonchev–Trinajstić information content (AvgIpc) is 3.04. The van der Waals surface area contributed by atoms with Crippen molar-refractivity contribution in [3.63, 3.8) is 0 Å². The molecular formula is C37H38N2O7. The summed E-state index contributed by atoms with van der Waals surface area (Å²) in [6.07, 6.45) is 0.677. The molecule has 238 valence electrons. The molecule has 1 fully saturated rings. The number of aromatic carboxylic acids is 1. The van der Waals surface area contributed by atoms with Gasteiger partial charge in [0, 0.05) is 25.9 Å². The van der Waals surface area contributed by atoms with Crippen LogP contribution in [0.4, 0.5) is 10.5 Å². The standard InChI is InChI=1S/C37H38N2O7/c1-37(2,3)46-36(43)39-20-18-28(19-21-39)45-29-15-17-33(44-24-25-10-6-4-7-11-25)31(23-29)34(40)38-32-22-27(14-16-30(32)35(41)42)26-12-8-5-9-13-26/h4-17,22-23,28H,18-21,24H2,1-3H3,(H,38,40)(H,41,42). The molecule has 46 heavy (non-hydrogen) atoms. The smallest absolute Gasteiger partial charge is 0.410 e. The second kappa shape index (κ2) is 14.2. The van der Waals surface area contributed by atoms with Crippen LogP contribution in [0.25, 0.3) is 11.1 Å².